The SMILES string of the molecule is CC(C)C[C@@H](NC/C=C/c1ccc(-c2cc(C(N)=O)c(NC(N)=O)s2)cc1)C(=O)O. The number of carboxylic acid groups (broad SMARTS) is 1. The van der Waals surface area contributed by atoms with Crippen molar-refractivity contribution < 1.29 is 19.5 Å². The molecule has 8 nitrogen and oxygen atoms in total. The Kier molecular flexibility index (Phi) is 8.14. The number of nitrogens with one attached hydrogen (secondary N) is 2. The molecule has 1 aromatic heterocycles. The van der Waals surface area contributed by atoms with Gasteiger partial charge in [-0.15, -0.1) is 11.3 Å². The van der Waals surface area contributed by atoms with E-state index in [9.17, 15) is 19.5 Å². The first-order valence-corrected chi connectivity index (χ1v) is 10.2. The van der Waals surface area contributed by atoms with Crippen LogP contribution in [0, 0.1) is 5.92 Å². The minimum Gasteiger partial charge on any atom is -0.480 e. The normalized spacial score (nSPS) is 12.2. The molecule has 0 saturated carbocycles. The summed E-state index contributed by atoms with van der Waals surface area (Å²) in [6.45, 7) is 4.42. The van der Waals surface area contributed by atoms with Crippen LogP contribution in [0.3, 0.4) is 0 Å². The number of hydrogen-bond acceptors (Lipinski definition) is 5. The molecule has 0 aliphatic rings. The summed E-state index contributed by atoms with van der Waals surface area (Å²) in [5, 5.41) is 15.0. The molecule has 30 heavy (non-hydrogen) atoms. The largest absolute Gasteiger partial charge is 0.480 e. The number of anilines is 1. The van der Waals surface area contributed by atoms with Crippen LogP contribution in [0.1, 0.15) is 36.2 Å². The predicted molar refractivity (Wildman–Crippen MR) is 119 cm³/mol. The maximum atomic E-state index is 11.6. The number of thiophene rings is 1. The summed E-state index contributed by atoms with van der Waals surface area (Å²) < 4.78 is 0. The lowest BCUT2D eigenvalue weighted by atomic mass is 10.0. The van der Waals surface area contributed by atoms with Gasteiger partial charge in [-0.05, 0) is 29.5 Å². The number of benzene rings is 1. The summed E-state index contributed by atoms with van der Waals surface area (Å²) in [6.07, 6.45) is 4.34. The molecule has 160 valence electrons. The fourth-order valence-electron chi connectivity index (χ4n) is 2.83. The molecule has 2 rings (SSSR count). The number of aliphatic carboxylic acids is 1. The van der Waals surface area contributed by atoms with Gasteiger partial charge in [-0.1, -0.05) is 50.3 Å². The minimum absolute atomic E-state index is 0.207. The smallest absolute Gasteiger partial charge is 0.320 e. The van der Waals surface area contributed by atoms with Crippen LogP contribution in [0.2, 0.25) is 0 Å². The summed E-state index contributed by atoms with van der Waals surface area (Å²) in [6, 6.07) is 7.86. The van der Waals surface area contributed by atoms with E-state index >= 15 is 0 Å². The molecular weight excluding hydrogens is 404 g/mol. The molecule has 0 spiro atoms. The number of rotatable bonds is 10. The van der Waals surface area contributed by atoms with Crippen LogP contribution < -0.4 is 22.1 Å². The van der Waals surface area contributed by atoms with E-state index in [1.165, 1.54) is 11.3 Å². The maximum absolute atomic E-state index is 11.6. The van der Waals surface area contributed by atoms with Crippen LogP contribution in [-0.2, 0) is 4.79 Å². The van der Waals surface area contributed by atoms with Crippen molar-refractivity contribution in [1.82, 2.24) is 5.32 Å². The Morgan fingerprint density at radius 2 is 1.83 bits per heavy atom. The van der Waals surface area contributed by atoms with E-state index in [2.05, 4.69) is 10.6 Å². The quantitative estimate of drug-likeness (QED) is 0.393. The van der Waals surface area contributed by atoms with Crippen molar-refractivity contribution in [2.24, 2.45) is 17.4 Å². The molecule has 0 saturated heterocycles. The lowest BCUT2D eigenvalue weighted by Gasteiger charge is -2.15. The molecule has 1 aromatic carbocycles. The van der Waals surface area contributed by atoms with E-state index in [1.54, 1.807) is 6.07 Å². The van der Waals surface area contributed by atoms with Crippen molar-refractivity contribution in [2.75, 3.05) is 11.9 Å². The zero-order valence-corrected chi connectivity index (χ0v) is 17.7. The van der Waals surface area contributed by atoms with E-state index in [0.717, 1.165) is 16.0 Å². The Balaban J connectivity index is 2.04. The third-order valence-corrected chi connectivity index (χ3v) is 5.33. The molecule has 0 aliphatic carbocycles. The van der Waals surface area contributed by atoms with Gasteiger partial charge in [-0.25, -0.2) is 4.79 Å². The van der Waals surface area contributed by atoms with Crippen molar-refractivity contribution in [3.05, 3.63) is 47.5 Å². The molecule has 9 heteroatoms. The van der Waals surface area contributed by atoms with Gasteiger partial charge in [0.25, 0.3) is 5.91 Å². The first-order chi connectivity index (χ1) is 14.2. The van der Waals surface area contributed by atoms with Crippen molar-refractivity contribution in [2.45, 2.75) is 26.3 Å². The van der Waals surface area contributed by atoms with E-state index in [4.69, 9.17) is 11.5 Å². The number of carboxylic acids is 1. The number of hydrogen-bond donors (Lipinski definition) is 5. The molecule has 7 N–H and O–H groups in total. The average Bonchev–Trinajstić information content (AvgIpc) is 3.07. The Labute approximate surface area is 179 Å². The Morgan fingerprint density at radius 3 is 2.37 bits per heavy atom. The number of carbonyl (C=O) groups is 3. The summed E-state index contributed by atoms with van der Waals surface area (Å²) in [7, 11) is 0. The number of urea groups is 1. The summed E-state index contributed by atoms with van der Waals surface area (Å²) >= 11 is 1.21. The first-order valence-electron chi connectivity index (χ1n) is 9.40. The second-order valence-corrected chi connectivity index (χ2v) is 8.21. The molecule has 2 aromatic rings. The monoisotopic (exact) mass is 430 g/mol. The molecule has 1 heterocycles. The molecule has 0 aliphatic heterocycles. The fourth-order valence-corrected chi connectivity index (χ4v) is 3.90. The highest BCUT2D eigenvalue weighted by Crippen LogP contribution is 2.35. The van der Waals surface area contributed by atoms with Crippen LogP contribution in [0.5, 0.6) is 0 Å². The molecule has 0 fully saturated rings. The lowest BCUT2D eigenvalue weighted by molar-refractivity contribution is -0.139. The third kappa shape index (κ3) is 6.71. The lowest BCUT2D eigenvalue weighted by Crippen LogP contribution is -2.37. The van der Waals surface area contributed by atoms with Crippen molar-refractivity contribution in [1.29, 1.82) is 0 Å². The van der Waals surface area contributed by atoms with Crippen LogP contribution in [0.15, 0.2) is 36.4 Å². The van der Waals surface area contributed by atoms with Crippen molar-refractivity contribution in [3.8, 4) is 10.4 Å². The van der Waals surface area contributed by atoms with Gasteiger partial charge in [0, 0.05) is 11.4 Å². The minimum atomic E-state index is -0.849. The average molecular weight is 431 g/mol. The van der Waals surface area contributed by atoms with Gasteiger partial charge < -0.3 is 21.9 Å². The summed E-state index contributed by atoms with van der Waals surface area (Å²) in [4.78, 5) is 34.7. The van der Waals surface area contributed by atoms with E-state index in [-0.39, 0.29) is 5.56 Å². The maximum Gasteiger partial charge on any atom is 0.320 e. The Morgan fingerprint density at radius 1 is 1.17 bits per heavy atom. The van der Waals surface area contributed by atoms with E-state index in [0.29, 0.717) is 23.9 Å². The second kappa shape index (κ2) is 10.6. The number of primary amides is 2. The summed E-state index contributed by atoms with van der Waals surface area (Å²) in [5.41, 5.74) is 12.5. The van der Waals surface area contributed by atoms with Gasteiger partial charge in [0.15, 0.2) is 0 Å². The molecular formula is C21H26N4O4S. The zero-order valence-electron chi connectivity index (χ0n) is 16.8. The summed E-state index contributed by atoms with van der Waals surface area (Å²) in [5.74, 6) is -1.20. The molecule has 0 unspecified atom stereocenters. The van der Waals surface area contributed by atoms with Crippen molar-refractivity contribution >= 4 is 40.3 Å². The second-order valence-electron chi connectivity index (χ2n) is 7.16. The van der Waals surface area contributed by atoms with E-state index < -0.39 is 23.9 Å². The van der Waals surface area contributed by atoms with Crippen LogP contribution in [0.25, 0.3) is 16.5 Å². The topological polar surface area (TPSA) is 148 Å². The van der Waals surface area contributed by atoms with Gasteiger partial charge >= 0.3 is 12.0 Å². The fraction of sp³-hybridized carbons (Fsp3) is 0.286. The molecule has 1 atom stereocenters. The number of nitrogens with two attached hydrogens (primary N) is 2. The predicted octanol–water partition coefficient (Wildman–Crippen LogP) is 3.11. The van der Waals surface area contributed by atoms with Crippen molar-refractivity contribution in [3.63, 3.8) is 0 Å². The zero-order chi connectivity index (χ0) is 22.3. The first kappa shape index (κ1) is 23.1. The van der Waals surface area contributed by atoms with Crippen LogP contribution in [0.4, 0.5) is 9.80 Å². The van der Waals surface area contributed by atoms with E-state index in [1.807, 2.05) is 50.3 Å². The Hall–Kier alpha value is -3.17. The molecule has 0 bridgehead atoms. The number of amides is 3. The van der Waals surface area contributed by atoms with Gasteiger partial charge in [0.2, 0.25) is 0 Å². The highest BCUT2D eigenvalue weighted by Gasteiger charge is 2.17. The van der Waals surface area contributed by atoms with Crippen LogP contribution in [-0.4, -0.2) is 35.6 Å². The standard InChI is InChI=1S/C21H26N4O4S/c1-12(2)10-16(20(27)28)24-9-3-4-13-5-7-14(8-6-13)17-11-15(18(22)26)19(30-17)25-21(23)29/h3-8,11-12,16,24H,9-10H2,1-2H3,(H2,22,26)(H,27,28)(H3,23,25,29)/b4-3+/t16-/m1/s1. The van der Waals surface area contributed by atoms with Gasteiger partial charge in [0.05, 0.1) is 5.56 Å². The molecule has 0 radical (unpaired) electrons. The Bertz CT molecular complexity index is 935. The van der Waals surface area contributed by atoms with Crippen LogP contribution >= 0.6 is 11.3 Å². The van der Waals surface area contributed by atoms with Gasteiger partial charge in [-0.3, -0.25) is 14.9 Å². The third-order valence-electron chi connectivity index (χ3n) is 4.23. The number of carbonyl (C=O) groups excluding carboxylic acids is 2. The van der Waals surface area contributed by atoms with Gasteiger partial charge in [-0.2, -0.15) is 0 Å². The highest BCUT2D eigenvalue weighted by atomic mass is 32.1. The van der Waals surface area contributed by atoms with Gasteiger partial charge in [0.1, 0.15) is 11.0 Å². The highest BCUT2D eigenvalue weighted by molar-refractivity contribution is 7.20. The molecule has 3 amide bonds.